The molecule has 0 radical (unpaired) electrons. The number of ether oxygens (including phenoxy) is 1. The molecule has 1 fully saturated rings. The van der Waals surface area contributed by atoms with Gasteiger partial charge in [0.05, 0.1) is 42.7 Å². The summed E-state index contributed by atoms with van der Waals surface area (Å²) in [6.45, 7) is 13.4. The largest absolute Gasteiger partial charge is 0.378 e. The number of morpholine rings is 1. The molecule has 1 aliphatic rings. The van der Waals surface area contributed by atoms with E-state index in [9.17, 15) is 4.39 Å². The van der Waals surface area contributed by atoms with Crippen molar-refractivity contribution < 1.29 is 9.13 Å². The molecule has 2 heterocycles. The Morgan fingerprint density at radius 3 is 2.71 bits per heavy atom. The highest BCUT2D eigenvalue weighted by Gasteiger charge is 2.19. The van der Waals surface area contributed by atoms with Crippen LogP contribution in [0.4, 0.5) is 15.8 Å². The summed E-state index contributed by atoms with van der Waals surface area (Å²) in [5.41, 5.74) is 3.89. The summed E-state index contributed by atoms with van der Waals surface area (Å²) in [7, 11) is 0. The first-order chi connectivity index (χ1) is 19.7. The van der Waals surface area contributed by atoms with Gasteiger partial charge in [0.15, 0.2) is 17.5 Å². The van der Waals surface area contributed by atoms with Crippen molar-refractivity contribution in [3.05, 3.63) is 77.1 Å². The molecule has 9 nitrogen and oxygen atoms in total. The van der Waals surface area contributed by atoms with Crippen LogP contribution in [0.15, 0.2) is 75.9 Å². The fourth-order valence-electron chi connectivity index (χ4n) is 3.84. The molecule has 1 aromatic carbocycles. The van der Waals surface area contributed by atoms with Crippen molar-refractivity contribution in [2.75, 3.05) is 31.6 Å². The lowest BCUT2D eigenvalue weighted by Crippen LogP contribution is -2.41. The van der Waals surface area contributed by atoms with Crippen molar-refractivity contribution in [2.24, 2.45) is 26.8 Å². The van der Waals surface area contributed by atoms with Gasteiger partial charge in [0.1, 0.15) is 0 Å². The molecule has 0 saturated carbocycles. The Hall–Kier alpha value is -4.04. The number of allylic oxidation sites excluding steroid dienone is 1. The van der Waals surface area contributed by atoms with E-state index in [-0.39, 0.29) is 17.6 Å². The van der Waals surface area contributed by atoms with E-state index in [4.69, 9.17) is 22.2 Å². The topological polar surface area (TPSA) is 104 Å². The van der Waals surface area contributed by atoms with Crippen LogP contribution in [0.1, 0.15) is 45.4 Å². The molecule has 3 N–H and O–H groups in total. The molecule has 1 aromatic heterocycles. The molecule has 216 valence electrons. The minimum atomic E-state index is -0.472. The zero-order chi connectivity index (χ0) is 29.8. The maximum Gasteiger partial charge on any atom is 0.167 e. The number of rotatable bonds is 10. The second-order valence-electron chi connectivity index (χ2n) is 9.17. The molecule has 3 rings (SSSR count). The summed E-state index contributed by atoms with van der Waals surface area (Å²) in [5, 5.41) is 9.04. The lowest BCUT2D eigenvalue weighted by atomic mass is 9.95. The summed E-state index contributed by atoms with van der Waals surface area (Å²) >= 11 is 6.44. The van der Waals surface area contributed by atoms with E-state index in [0.717, 1.165) is 34.2 Å². The van der Waals surface area contributed by atoms with Gasteiger partial charge in [-0.2, -0.15) is 10.2 Å². The quantitative estimate of drug-likeness (QED) is 0.120. The van der Waals surface area contributed by atoms with Crippen molar-refractivity contribution in [1.29, 1.82) is 0 Å². The summed E-state index contributed by atoms with van der Waals surface area (Å²) in [6, 6.07) is 12.2. The lowest BCUT2D eigenvalue weighted by molar-refractivity contribution is 0.0676. The van der Waals surface area contributed by atoms with Gasteiger partial charge in [-0.1, -0.05) is 37.9 Å². The standard InChI is InChI=1S/C30H36ClFN8O/c1-6-11-34-29(21(4)7-2)23-16-24(31)18-27(17-23)38-26-10-9-25(35-19-26)20-36-40(33)22(5)37-30(28(32)8-3)39-12-14-41-15-13-39/h8-10,16-21,38H,5,7,12-15,33H2,1-4H3/b28-8+,34-29?,36-20+,37-30+. The smallest absolute Gasteiger partial charge is 0.167 e. The number of benzene rings is 1. The fourth-order valence-corrected chi connectivity index (χ4v) is 4.08. The van der Waals surface area contributed by atoms with Gasteiger partial charge in [0.2, 0.25) is 0 Å². The van der Waals surface area contributed by atoms with Gasteiger partial charge < -0.3 is 15.0 Å². The Morgan fingerprint density at radius 2 is 2.07 bits per heavy atom. The normalized spacial score (nSPS) is 15.4. The van der Waals surface area contributed by atoms with E-state index in [1.165, 1.54) is 12.3 Å². The zero-order valence-corrected chi connectivity index (χ0v) is 24.6. The second kappa shape index (κ2) is 15.7. The number of aromatic nitrogens is 1. The number of pyridine rings is 1. The van der Waals surface area contributed by atoms with Crippen LogP contribution in [0.3, 0.4) is 0 Å². The van der Waals surface area contributed by atoms with Gasteiger partial charge in [-0.3, -0.25) is 4.98 Å². The summed E-state index contributed by atoms with van der Waals surface area (Å²) in [4.78, 5) is 15.0. The average molecular weight is 579 g/mol. The average Bonchev–Trinajstić information content (AvgIpc) is 2.99. The number of nitrogens with two attached hydrogens (primary N) is 1. The predicted molar refractivity (Wildman–Crippen MR) is 166 cm³/mol. The van der Waals surface area contributed by atoms with E-state index >= 15 is 0 Å². The number of hydrazone groups is 1. The fraction of sp³-hybridized carbons (Fsp3) is 0.333. The van der Waals surface area contributed by atoms with E-state index in [1.807, 2.05) is 24.3 Å². The van der Waals surface area contributed by atoms with E-state index in [1.54, 1.807) is 31.0 Å². The molecule has 0 aliphatic carbocycles. The molecule has 2 aromatic rings. The first-order valence-corrected chi connectivity index (χ1v) is 13.7. The van der Waals surface area contributed by atoms with Gasteiger partial charge in [0, 0.05) is 35.4 Å². The molecular weight excluding hydrogens is 543 g/mol. The summed E-state index contributed by atoms with van der Waals surface area (Å²) < 4.78 is 19.9. The van der Waals surface area contributed by atoms with E-state index in [2.05, 4.69) is 57.8 Å². The van der Waals surface area contributed by atoms with Gasteiger partial charge in [-0.15, -0.1) is 0 Å². The van der Waals surface area contributed by atoms with Crippen LogP contribution in [0, 0.1) is 17.9 Å². The highest BCUT2D eigenvalue weighted by atomic mass is 35.5. The Kier molecular flexibility index (Phi) is 12.0. The Labute approximate surface area is 246 Å². The van der Waals surface area contributed by atoms with E-state index in [0.29, 0.717) is 37.0 Å². The lowest BCUT2D eigenvalue weighted by Gasteiger charge is -2.29. The first-order valence-electron chi connectivity index (χ1n) is 13.3. The van der Waals surface area contributed by atoms with Crippen LogP contribution in [0.25, 0.3) is 0 Å². The highest BCUT2D eigenvalue weighted by molar-refractivity contribution is 6.31. The number of anilines is 2. The highest BCUT2D eigenvalue weighted by Crippen LogP contribution is 2.25. The van der Waals surface area contributed by atoms with Crippen LogP contribution in [-0.2, 0) is 4.74 Å². The van der Waals surface area contributed by atoms with Gasteiger partial charge in [-0.05, 0) is 62.6 Å². The molecule has 0 bridgehead atoms. The Bertz CT molecular complexity index is 1390. The molecule has 1 atom stereocenters. The Morgan fingerprint density at radius 1 is 1.32 bits per heavy atom. The molecule has 1 saturated heterocycles. The van der Waals surface area contributed by atoms with Crippen LogP contribution in [-0.4, -0.2) is 59.1 Å². The number of halogens is 2. The van der Waals surface area contributed by atoms with Crippen molar-refractivity contribution in [3.8, 4) is 12.0 Å². The van der Waals surface area contributed by atoms with Crippen LogP contribution < -0.4 is 11.2 Å². The third-order valence-corrected chi connectivity index (χ3v) is 6.45. The number of aliphatic imine (C=N–C) groups is 2. The van der Waals surface area contributed by atoms with Crippen LogP contribution >= 0.6 is 11.6 Å². The van der Waals surface area contributed by atoms with Crippen molar-refractivity contribution in [1.82, 2.24) is 15.0 Å². The predicted octanol–water partition coefficient (Wildman–Crippen LogP) is 5.88. The third-order valence-electron chi connectivity index (χ3n) is 6.23. The number of nitrogens with one attached hydrogen (secondary N) is 1. The second-order valence-corrected chi connectivity index (χ2v) is 9.61. The number of hydrogen-bond donors (Lipinski definition) is 2. The SMILES string of the molecule is C=C(/N=C(\C(F)=C/C)N1CCOCC1)N(N)/N=C/c1ccc(Nc2cc(Cl)cc(C(=NC#CC)C(C)CC)c2)cn1. The van der Waals surface area contributed by atoms with Crippen molar-refractivity contribution in [3.63, 3.8) is 0 Å². The summed E-state index contributed by atoms with van der Waals surface area (Å²) in [5.74, 6) is 8.79. The van der Waals surface area contributed by atoms with Crippen molar-refractivity contribution >= 4 is 40.7 Å². The molecule has 0 spiro atoms. The zero-order valence-electron chi connectivity index (χ0n) is 23.9. The van der Waals surface area contributed by atoms with Crippen LogP contribution in [0.2, 0.25) is 5.02 Å². The maximum atomic E-state index is 14.5. The molecular formula is C30H36ClFN8O. The summed E-state index contributed by atoms with van der Waals surface area (Å²) in [6.07, 6.45) is 5.40. The van der Waals surface area contributed by atoms with E-state index < -0.39 is 5.83 Å². The molecule has 0 amide bonds. The minimum absolute atomic E-state index is 0.0695. The minimum Gasteiger partial charge on any atom is -0.378 e. The molecule has 11 heteroatoms. The van der Waals surface area contributed by atoms with Gasteiger partial charge in [0.25, 0.3) is 0 Å². The number of amidine groups is 1. The number of hydrogen-bond acceptors (Lipinski definition) is 8. The Balaban J connectivity index is 1.71. The molecule has 1 aliphatic heterocycles. The first kappa shape index (κ1) is 31.5. The molecule has 1 unspecified atom stereocenters. The van der Waals surface area contributed by atoms with Gasteiger partial charge >= 0.3 is 0 Å². The maximum absolute atomic E-state index is 14.5. The van der Waals surface area contributed by atoms with Crippen LogP contribution in [0.5, 0.6) is 0 Å². The monoisotopic (exact) mass is 578 g/mol. The number of nitrogens with zero attached hydrogens (tertiary/aromatic N) is 6. The van der Waals surface area contributed by atoms with Crippen molar-refractivity contribution in [2.45, 2.75) is 34.1 Å². The molecule has 41 heavy (non-hydrogen) atoms. The third kappa shape index (κ3) is 9.25. The van der Waals surface area contributed by atoms with Gasteiger partial charge in [-0.25, -0.2) is 20.2 Å². The number of hydrazine groups is 1.